The minimum atomic E-state index is 0.418. The number of nitrogens with zero attached hydrogens (tertiary/aromatic N) is 8. The second-order valence-electron chi connectivity index (χ2n) is 7.34. The molecule has 0 amide bonds. The van der Waals surface area contributed by atoms with Crippen molar-refractivity contribution in [2.75, 3.05) is 31.2 Å². The number of morpholine rings is 1. The molecule has 4 aromatic heterocycles. The summed E-state index contributed by atoms with van der Waals surface area (Å²) in [6.45, 7) is 2.93. The Morgan fingerprint density at radius 1 is 0.966 bits per heavy atom. The molecule has 9 heteroatoms. The SMILES string of the molecule is c1cnn(-c2nc(N3CCOCC3)c3nc(-c4ccncc4)n(C4CC4)c3n2)c1. The van der Waals surface area contributed by atoms with Crippen LogP contribution in [-0.4, -0.2) is 60.6 Å². The molecule has 1 saturated heterocycles. The third-order valence-corrected chi connectivity index (χ3v) is 5.38. The molecule has 5 heterocycles. The van der Waals surface area contributed by atoms with E-state index in [1.807, 2.05) is 24.4 Å². The summed E-state index contributed by atoms with van der Waals surface area (Å²) >= 11 is 0. The third-order valence-electron chi connectivity index (χ3n) is 5.38. The molecule has 29 heavy (non-hydrogen) atoms. The van der Waals surface area contributed by atoms with E-state index in [0.717, 1.165) is 54.3 Å². The Bertz CT molecular complexity index is 1140. The number of ether oxygens (including phenoxy) is 1. The molecule has 0 unspecified atom stereocenters. The van der Waals surface area contributed by atoms with Crippen LogP contribution in [0.2, 0.25) is 0 Å². The predicted octanol–water partition coefficient (Wildman–Crippen LogP) is 2.25. The normalized spacial score (nSPS) is 17.2. The molecule has 4 aromatic rings. The van der Waals surface area contributed by atoms with Crippen molar-refractivity contribution in [3.8, 4) is 17.3 Å². The fourth-order valence-electron chi connectivity index (χ4n) is 3.82. The fourth-order valence-corrected chi connectivity index (χ4v) is 3.82. The molecule has 2 aliphatic rings. The lowest BCUT2D eigenvalue weighted by Gasteiger charge is -2.28. The van der Waals surface area contributed by atoms with Crippen LogP contribution in [0.4, 0.5) is 5.82 Å². The summed E-state index contributed by atoms with van der Waals surface area (Å²) in [6, 6.07) is 6.29. The van der Waals surface area contributed by atoms with E-state index < -0.39 is 0 Å². The monoisotopic (exact) mass is 388 g/mol. The van der Waals surface area contributed by atoms with Crippen molar-refractivity contribution in [2.45, 2.75) is 18.9 Å². The van der Waals surface area contributed by atoms with Gasteiger partial charge in [-0.05, 0) is 31.0 Å². The van der Waals surface area contributed by atoms with E-state index in [-0.39, 0.29) is 0 Å². The molecular weight excluding hydrogens is 368 g/mol. The van der Waals surface area contributed by atoms with E-state index in [0.29, 0.717) is 25.2 Å². The standard InChI is InChI=1S/C20H20N8O/c1-6-22-27(9-1)20-24-18(26-10-12-29-13-11-26)16-19(25-20)28(15-2-3-15)17(23-16)14-4-7-21-8-5-14/h1,4-9,15H,2-3,10-13H2. The molecule has 0 atom stereocenters. The van der Waals surface area contributed by atoms with Crippen LogP contribution in [-0.2, 0) is 4.74 Å². The Labute approximate surface area is 167 Å². The maximum Gasteiger partial charge on any atom is 0.254 e. The first-order valence-corrected chi connectivity index (χ1v) is 9.91. The molecule has 0 N–H and O–H groups in total. The first-order valence-electron chi connectivity index (χ1n) is 9.91. The number of imidazole rings is 1. The second-order valence-corrected chi connectivity index (χ2v) is 7.34. The molecule has 9 nitrogen and oxygen atoms in total. The van der Waals surface area contributed by atoms with Gasteiger partial charge in [0.25, 0.3) is 5.95 Å². The van der Waals surface area contributed by atoms with E-state index >= 15 is 0 Å². The largest absolute Gasteiger partial charge is 0.378 e. The molecular formula is C20H20N8O. The van der Waals surface area contributed by atoms with Crippen molar-refractivity contribution < 1.29 is 4.74 Å². The van der Waals surface area contributed by atoms with Gasteiger partial charge >= 0.3 is 0 Å². The molecule has 0 radical (unpaired) electrons. The summed E-state index contributed by atoms with van der Waals surface area (Å²) in [5.41, 5.74) is 2.74. The highest BCUT2D eigenvalue weighted by Gasteiger charge is 2.32. The summed E-state index contributed by atoms with van der Waals surface area (Å²) in [7, 11) is 0. The minimum absolute atomic E-state index is 0.418. The topological polar surface area (TPSA) is 86.8 Å². The molecule has 1 aliphatic heterocycles. The van der Waals surface area contributed by atoms with Crippen molar-refractivity contribution in [3.05, 3.63) is 43.0 Å². The van der Waals surface area contributed by atoms with Crippen molar-refractivity contribution in [1.82, 2.24) is 34.3 Å². The van der Waals surface area contributed by atoms with Crippen LogP contribution < -0.4 is 4.90 Å². The maximum absolute atomic E-state index is 5.55. The van der Waals surface area contributed by atoms with Gasteiger partial charge in [0.1, 0.15) is 5.82 Å². The van der Waals surface area contributed by atoms with Gasteiger partial charge in [0.2, 0.25) is 0 Å². The van der Waals surface area contributed by atoms with Crippen LogP contribution in [0.1, 0.15) is 18.9 Å². The molecule has 2 fully saturated rings. The van der Waals surface area contributed by atoms with Crippen LogP contribution >= 0.6 is 0 Å². The Kier molecular flexibility index (Phi) is 3.80. The van der Waals surface area contributed by atoms with Gasteiger partial charge in [0.05, 0.1) is 13.2 Å². The van der Waals surface area contributed by atoms with Crippen LogP contribution in [0, 0.1) is 0 Å². The molecule has 146 valence electrons. The highest BCUT2D eigenvalue weighted by atomic mass is 16.5. The average molecular weight is 388 g/mol. The highest BCUT2D eigenvalue weighted by Crippen LogP contribution is 2.42. The summed E-state index contributed by atoms with van der Waals surface area (Å²) in [4.78, 5) is 21.2. The van der Waals surface area contributed by atoms with E-state index in [2.05, 4.69) is 19.5 Å². The minimum Gasteiger partial charge on any atom is -0.378 e. The number of hydrogen-bond donors (Lipinski definition) is 0. The fraction of sp³-hybridized carbons (Fsp3) is 0.350. The van der Waals surface area contributed by atoms with Gasteiger partial charge in [-0.3, -0.25) is 4.98 Å². The van der Waals surface area contributed by atoms with Gasteiger partial charge in [0.15, 0.2) is 17.0 Å². The third kappa shape index (κ3) is 2.85. The number of rotatable bonds is 4. The van der Waals surface area contributed by atoms with Crippen molar-refractivity contribution in [2.24, 2.45) is 0 Å². The average Bonchev–Trinajstić information content (AvgIpc) is 3.32. The van der Waals surface area contributed by atoms with Crippen molar-refractivity contribution in [3.63, 3.8) is 0 Å². The smallest absolute Gasteiger partial charge is 0.254 e. The lowest BCUT2D eigenvalue weighted by atomic mass is 10.2. The zero-order valence-electron chi connectivity index (χ0n) is 15.8. The van der Waals surface area contributed by atoms with Crippen LogP contribution in [0.5, 0.6) is 0 Å². The molecule has 0 aromatic carbocycles. The van der Waals surface area contributed by atoms with Gasteiger partial charge in [0, 0.05) is 49.5 Å². The van der Waals surface area contributed by atoms with Crippen LogP contribution in [0.15, 0.2) is 43.0 Å². The van der Waals surface area contributed by atoms with E-state index in [4.69, 9.17) is 19.7 Å². The molecule has 0 bridgehead atoms. The maximum atomic E-state index is 5.55. The zero-order chi connectivity index (χ0) is 19.2. The van der Waals surface area contributed by atoms with E-state index in [1.165, 1.54) is 0 Å². The Balaban J connectivity index is 1.62. The Morgan fingerprint density at radius 3 is 2.52 bits per heavy atom. The quantitative estimate of drug-likeness (QED) is 0.530. The molecule has 6 rings (SSSR count). The number of fused-ring (bicyclic) bond motifs is 1. The Hall–Kier alpha value is -3.33. The lowest BCUT2D eigenvalue weighted by Crippen LogP contribution is -2.37. The number of anilines is 1. The van der Waals surface area contributed by atoms with E-state index in [1.54, 1.807) is 23.3 Å². The second kappa shape index (κ2) is 6.63. The first-order chi connectivity index (χ1) is 14.4. The van der Waals surface area contributed by atoms with E-state index in [9.17, 15) is 0 Å². The Morgan fingerprint density at radius 2 is 1.79 bits per heavy atom. The zero-order valence-corrected chi connectivity index (χ0v) is 15.8. The predicted molar refractivity (Wildman–Crippen MR) is 107 cm³/mol. The highest BCUT2D eigenvalue weighted by molar-refractivity contribution is 5.88. The summed E-state index contributed by atoms with van der Waals surface area (Å²) in [5, 5.41) is 4.35. The van der Waals surface area contributed by atoms with Gasteiger partial charge in [-0.1, -0.05) is 0 Å². The van der Waals surface area contributed by atoms with Crippen molar-refractivity contribution >= 4 is 17.0 Å². The van der Waals surface area contributed by atoms with Crippen molar-refractivity contribution in [1.29, 1.82) is 0 Å². The molecule has 1 saturated carbocycles. The lowest BCUT2D eigenvalue weighted by molar-refractivity contribution is 0.122. The van der Waals surface area contributed by atoms with Crippen LogP contribution in [0.3, 0.4) is 0 Å². The molecule has 1 aliphatic carbocycles. The number of hydrogen-bond acceptors (Lipinski definition) is 7. The van der Waals surface area contributed by atoms with Crippen LogP contribution in [0.25, 0.3) is 28.5 Å². The molecule has 0 spiro atoms. The number of pyridine rings is 1. The van der Waals surface area contributed by atoms with Gasteiger partial charge in [-0.25, -0.2) is 9.67 Å². The summed E-state index contributed by atoms with van der Waals surface area (Å²) in [6.07, 6.45) is 9.48. The first kappa shape index (κ1) is 16.6. The van der Waals surface area contributed by atoms with Gasteiger partial charge in [-0.15, -0.1) is 0 Å². The van der Waals surface area contributed by atoms with Gasteiger partial charge in [-0.2, -0.15) is 15.1 Å². The summed E-state index contributed by atoms with van der Waals surface area (Å²) in [5.74, 6) is 2.33. The summed E-state index contributed by atoms with van der Waals surface area (Å²) < 4.78 is 9.52. The van der Waals surface area contributed by atoms with Gasteiger partial charge < -0.3 is 14.2 Å². The number of aromatic nitrogens is 7.